The molecular weight excluding hydrogens is 368 g/mol. The second-order valence-corrected chi connectivity index (χ2v) is 6.73. The van der Waals surface area contributed by atoms with E-state index in [0.717, 1.165) is 17.1 Å². The van der Waals surface area contributed by atoms with E-state index in [-0.39, 0.29) is 12.1 Å². The number of anilines is 1. The van der Waals surface area contributed by atoms with Gasteiger partial charge >= 0.3 is 0 Å². The molecule has 5 nitrogen and oxygen atoms in total. The molecule has 1 aromatic carbocycles. The number of rotatable bonds is 4. The van der Waals surface area contributed by atoms with Crippen LogP contribution in [0.3, 0.4) is 0 Å². The first-order valence-corrected chi connectivity index (χ1v) is 8.95. The van der Waals surface area contributed by atoms with Gasteiger partial charge < -0.3 is 19.9 Å². The Morgan fingerprint density at radius 2 is 2.08 bits per heavy atom. The van der Waals surface area contributed by atoms with Crippen molar-refractivity contribution in [2.45, 2.75) is 12.1 Å². The van der Waals surface area contributed by atoms with Crippen LogP contribution in [-0.4, -0.2) is 22.2 Å². The largest absolute Gasteiger partial charge is 0.495 e. The van der Waals surface area contributed by atoms with Crippen molar-refractivity contribution in [2.24, 2.45) is 0 Å². The zero-order valence-corrected chi connectivity index (χ0v) is 15.6. The van der Waals surface area contributed by atoms with E-state index < -0.39 is 0 Å². The summed E-state index contributed by atoms with van der Waals surface area (Å²) in [6.45, 7) is 0. The second-order valence-electron chi connectivity index (χ2n) is 5.94. The van der Waals surface area contributed by atoms with Gasteiger partial charge in [-0.2, -0.15) is 0 Å². The molecule has 7 heteroatoms. The third-order valence-electron chi connectivity index (χ3n) is 4.45. The minimum atomic E-state index is -0.0803. The number of ether oxygens (including phenoxy) is 1. The number of H-pyrrole nitrogens is 1. The SMILES string of the molecule is COc1ccc(N2C(=S)N[C@H](c3ccccn3)[C@@H]2c2ccc[nH]2)cc1Cl. The monoisotopic (exact) mass is 384 g/mol. The van der Waals surface area contributed by atoms with Gasteiger partial charge in [-0.3, -0.25) is 4.98 Å². The lowest BCUT2D eigenvalue weighted by Gasteiger charge is -2.27. The Balaban J connectivity index is 1.80. The number of halogens is 1. The van der Waals surface area contributed by atoms with E-state index in [0.29, 0.717) is 15.9 Å². The van der Waals surface area contributed by atoms with Gasteiger partial charge in [0.1, 0.15) is 11.8 Å². The number of aromatic amines is 1. The van der Waals surface area contributed by atoms with E-state index >= 15 is 0 Å². The van der Waals surface area contributed by atoms with Gasteiger partial charge in [-0.15, -0.1) is 0 Å². The van der Waals surface area contributed by atoms with Crippen LogP contribution in [0.1, 0.15) is 23.5 Å². The number of aromatic nitrogens is 2. The van der Waals surface area contributed by atoms with Crippen molar-refractivity contribution in [3.63, 3.8) is 0 Å². The van der Waals surface area contributed by atoms with E-state index in [2.05, 4.69) is 20.2 Å². The van der Waals surface area contributed by atoms with Crippen molar-refractivity contribution in [1.29, 1.82) is 0 Å². The van der Waals surface area contributed by atoms with Crippen LogP contribution in [0.25, 0.3) is 0 Å². The summed E-state index contributed by atoms with van der Waals surface area (Å²) < 4.78 is 5.26. The van der Waals surface area contributed by atoms with Crippen molar-refractivity contribution in [3.8, 4) is 5.75 Å². The summed E-state index contributed by atoms with van der Waals surface area (Å²) in [5, 5.41) is 4.57. The van der Waals surface area contributed by atoms with Gasteiger partial charge in [0.2, 0.25) is 0 Å². The number of nitrogens with zero attached hydrogens (tertiary/aromatic N) is 2. The molecule has 1 saturated heterocycles. The van der Waals surface area contributed by atoms with Gasteiger partial charge in [0, 0.05) is 23.8 Å². The molecule has 0 aliphatic carbocycles. The Bertz CT molecular complexity index is 917. The van der Waals surface area contributed by atoms with E-state index in [4.69, 9.17) is 28.6 Å². The molecule has 0 bridgehead atoms. The lowest BCUT2D eigenvalue weighted by molar-refractivity contribution is 0.415. The Hall–Kier alpha value is -2.57. The quantitative estimate of drug-likeness (QED) is 0.658. The van der Waals surface area contributed by atoms with E-state index in [1.807, 2.05) is 54.7 Å². The lowest BCUT2D eigenvalue weighted by Crippen LogP contribution is -2.29. The lowest BCUT2D eigenvalue weighted by atomic mass is 10.0. The normalized spacial score (nSPS) is 19.5. The molecule has 0 saturated carbocycles. The summed E-state index contributed by atoms with van der Waals surface area (Å²) >= 11 is 12.0. The van der Waals surface area contributed by atoms with Crippen molar-refractivity contribution in [2.75, 3.05) is 12.0 Å². The molecule has 2 N–H and O–H groups in total. The Morgan fingerprint density at radius 3 is 2.73 bits per heavy atom. The smallest absolute Gasteiger partial charge is 0.174 e. The molecule has 0 radical (unpaired) electrons. The fourth-order valence-corrected chi connectivity index (χ4v) is 3.88. The predicted molar refractivity (Wildman–Crippen MR) is 107 cm³/mol. The molecule has 0 unspecified atom stereocenters. The number of hydrogen-bond donors (Lipinski definition) is 2. The maximum absolute atomic E-state index is 6.35. The molecule has 3 aromatic rings. The summed E-state index contributed by atoms with van der Waals surface area (Å²) in [5.41, 5.74) is 2.86. The Kier molecular flexibility index (Phi) is 4.53. The maximum Gasteiger partial charge on any atom is 0.174 e. The molecule has 3 heterocycles. The molecule has 26 heavy (non-hydrogen) atoms. The molecule has 132 valence electrons. The number of benzene rings is 1. The van der Waals surface area contributed by atoms with Gasteiger partial charge in [0.05, 0.1) is 23.9 Å². The molecule has 0 spiro atoms. The highest BCUT2D eigenvalue weighted by Gasteiger charge is 2.41. The third-order valence-corrected chi connectivity index (χ3v) is 5.06. The first-order valence-electron chi connectivity index (χ1n) is 8.16. The zero-order chi connectivity index (χ0) is 18.1. The van der Waals surface area contributed by atoms with Crippen molar-refractivity contribution in [3.05, 3.63) is 77.3 Å². The minimum absolute atomic E-state index is 0.0724. The van der Waals surface area contributed by atoms with Crippen LogP contribution in [0.4, 0.5) is 5.69 Å². The summed E-state index contributed by atoms with van der Waals surface area (Å²) in [4.78, 5) is 9.89. The Morgan fingerprint density at radius 1 is 1.19 bits per heavy atom. The van der Waals surface area contributed by atoms with E-state index in [1.165, 1.54) is 0 Å². The molecule has 4 rings (SSSR count). The van der Waals surface area contributed by atoms with Crippen LogP contribution >= 0.6 is 23.8 Å². The Labute approximate surface area is 162 Å². The fraction of sp³-hybridized carbons (Fsp3) is 0.158. The summed E-state index contributed by atoms with van der Waals surface area (Å²) in [6.07, 6.45) is 3.70. The number of pyridine rings is 1. The van der Waals surface area contributed by atoms with Crippen LogP contribution < -0.4 is 15.0 Å². The van der Waals surface area contributed by atoms with Crippen LogP contribution in [0.5, 0.6) is 5.75 Å². The molecule has 1 fully saturated rings. The molecule has 1 aliphatic heterocycles. The van der Waals surface area contributed by atoms with Crippen LogP contribution in [0, 0.1) is 0 Å². The number of nitrogens with one attached hydrogen (secondary N) is 2. The van der Waals surface area contributed by atoms with Gasteiger partial charge in [0.15, 0.2) is 5.11 Å². The summed E-state index contributed by atoms with van der Waals surface area (Å²) in [7, 11) is 1.60. The third kappa shape index (κ3) is 2.91. The standard InChI is InChI=1S/C19H17ClN4OS/c1-25-16-8-7-12(11-13(16)20)24-18(15-6-4-10-22-15)17(23-19(24)26)14-5-2-3-9-21-14/h2-11,17-18,22H,1H3,(H,23,26)/t17-,18+/m1/s1. The minimum Gasteiger partial charge on any atom is -0.495 e. The highest BCUT2D eigenvalue weighted by atomic mass is 35.5. The van der Waals surface area contributed by atoms with E-state index in [1.54, 1.807) is 13.3 Å². The second kappa shape index (κ2) is 6.97. The van der Waals surface area contributed by atoms with Crippen molar-refractivity contribution >= 4 is 34.6 Å². The first kappa shape index (κ1) is 16.9. The van der Waals surface area contributed by atoms with Crippen LogP contribution in [0.2, 0.25) is 5.02 Å². The summed E-state index contributed by atoms with van der Waals surface area (Å²) in [6, 6.07) is 15.4. The first-order chi connectivity index (χ1) is 12.7. The van der Waals surface area contributed by atoms with Crippen LogP contribution in [0.15, 0.2) is 60.9 Å². The number of methoxy groups -OCH3 is 1. The van der Waals surface area contributed by atoms with Crippen molar-refractivity contribution < 1.29 is 4.74 Å². The predicted octanol–water partition coefficient (Wildman–Crippen LogP) is 4.25. The molecular formula is C19H17ClN4OS. The topological polar surface area (TPSA) is 53.2 Å². The average molecular weight is 385 g/mol. The highest BCUT2D eigenvalue weighted by Crippen LogP contribution is 2.42. The molecule has 0 amide bonds. The average Bonchev–Trinajstić information content (AvgIpc) is 3.30. The molecule has 2 aromatic heterocycles. The number of hydrogen-bond acceptors (Lipinski definition) is 3. The van der Waals surface area contributed by atoms with Gasteiger partial charge in [-0.05, 0) is 54.7 Å². The maximum atomic E-state index is 6.35. The fourth-order valence-electron chi connectivity index (χ4n) is 3.28. The van der Waals surface area contributed by atoms with Gasteiger partial charge in [-0.25, -0.2) is 0 Å². The van der Waals surface area contributed by atoms with Gasteiger partial charge in [0.25, 0.3) is 0 Å². The highest BCUT2D eigenvalue weighted by molar-refractivity contribution is 7.80. The molecule has 1 aliphatic rings. The van der Waals surface area contributed by atoms with Crippen LogP contribution in [-0.2, 0) is 0 Å². The number of thiocarbonyl (C=S) groups is 1. The van der Waals surface area contributed by atoms with Crippen molar-refractivity contribution in [1.82, 2.24) is 15.3 Å². The summed E-state index contributed by atoms with van der Waals surface area (Å²) in [5.74, 6) is 0.631. The zero-order valence-electron chi connectivity index (χ0n) is 14.0. The van der Waals surface area contributed by atoms with E-state index in [9.17, 15) is 0 Å². The van der Waals surface area contributed by atoms with Gasteiger partial charge in [-0.1, -0.05) is 17.7 Å². The molecule has 2 atom stereocenters.